The molecular weight excluding hydrogens is 664 g/mol. The normalized spacial score (nSPS) is 17.1. The van der Waals surface area contributed by atoms with Crippen LogP contribution in [-0.2, 0) is 67.5 Å². The van der Waals surface area contributed by atoms with Crippen molar-refractivity contribution in [1.29, 1.82) is 0 Å². The Balaban J connectivity index is 1.29. The van der Waals surface area contributed by atoms with Gasteiger partial charge in [0.25, 0.3) is 0 Å². The number of aliphatic hydroxyl groups is 2. The van der Waals surface area contributed by atoms with Crippen molar-refractivity contribution in [2.24, 2.45) is 0 Å². The zero-order chi connectivity index (χ0) is 36.9. The number of esters is 4. The van der Waals surface area contributed by atoms with Gasteiger partial charge in [-0.2, -0.15) is 0 Å². The second-order valence-electron chi connectivity index (χ2n) is 11.9. The van der Waals surface area contributed by atoms with E-state index < -0.39 is 72.5 Å². The molecule has 0 radical (unpaired) electrons. The second-order valence-corrected chi connectivity index (χ2v) is 11.9. The maximum Gasteiger partial charge on any atom is 0.360 e. The van der Waals surface area contributed by atoms with E-state index in [1.54, 1.807) is 91.0 Å². The Morgan fingerprint density at radius 1 is 0.765 bits per heavy atom. The van der Waals surface area contributed by atoms with Gasteiger partial charge in [-0.25, -0.2) is 9.59 Å². The summed E-state index contributed by atoms with van der Waals surface area (Å²) in [5.74, 6) is -5.77. The number of nitrogens with zero attached hydrogens (tertiary/aromatic N) is 1. The Labute approximate surface area is 294 Å². The van der Waals surface area contributed by atoms with Gasteiger partial charge < -0.3 is 34.5 Å². The zero-order valence-corrected chi connectivity index (χ0v) is 28.0. The van der Waals surface area contributed by atoms with Crippen LogP contribution < -0.4 is 5.32 Å². The van der Waals surface area contributed by atoms with E-state index in [9.17, 15) is 39.0 Å². The summed E-state index contributed by atoms with van der Waals surface area (Å²) in [6.07, 6.45) is -2.34. The number of likely N-dealkylation sites (tertiary alicyclic amines) is 1. The molecule has 0 aliphatic carbocycles. The molecule has 14 heteroatoms. The van der Waals surface area contributed by atoms with Gasteiger partial charge in [-0.3, -0.25) is 24.1 Å². The van der Waals surface area contributed by atoms with Crippen LogP contribution in [0.5, 0.6) is 0 Å². The Morgan fingerprint density at radius 3 is 1.76 bits per heavy atom. The van der Waals surface area contributed by atoms with Gasteiger partial charge in [0.1, 0.15) is 32.5 Å². The minimum Gasteiger partial charge on any atom is -0.464 e. The first-order chi connectivity index (χ1) is 24.4. The van der Waals surface area contributed by atoms with Crippen LogP contribution in [0.3, 0.4) is 0 Å². The average molecular weight is 705 g/mol. The highest BCUT2D eigenvalue weighted by molar-refractivity contribution is 5.95. The molecule has 1 unspecified atom stereocenters. The Morgan fingerprint density at radius 2 is 1.24 bits per heavy atom. The van der Waals surface area contributed by atoms with Crippen molar-refractivity contribution < 1.29 is 57.9 Å². The van der Waals surface area contributed by atoms with Crippen molar-refractivity contribution >= 4 is 35.7 Å². The third-order valence-corrected chi connectivity index (χ3v) is 8.03. The fourth-order valence-corrected chi connectivity index (χ4v) is 5.29. The number of rotatable bonds is 17. The fourth-order valence-electron chi connectivity index (χ4n) is 5.29. The van der Waals surface area contributed by atoms with E-state index in [2.05, 4.69) is 5.32 Å². The van der Waals surface area contributed by atoms with Gasteiger partial charge in [0.05, 0.1) is 19.4 Å². The van der Waals surface area contributed by atoms with Crippen LogP contribution in [0.25, 0.3) is 0 Å². The smallest absolute Gasteiger partial charge is 0.360 e. The van der Waals surface area contributed by atoms with Crippen LogP contribution in [0.1, 0.15) is 49.3 Å². The Kier molecular flexibility index (Phi) is 13.4. The Bertz CT molecular complexity index is 1670. The molecule has 3 aromatic carbocycles. The molecule has 1 heterocycles. The van der Waals surface area contributed by atoms with Crippen molar-refractivity contribution in [2.75, 3.05) is 13.2 Å². The first-order valence-electron chi connectivity index (χ1n) is 16.2. The molecule has 4 rings (SSSR count). The molecule has 1 saturated heterocycles. The summed E-state index contributed by atoms with van der Waals surface area (Å²) in [6.45, 7) is 0.0984. The highest BCUT2D eigenvalue weighted by Gasteiger charge is 2.54. The van der Waals surface area contributed by atoms with Crippen molar-refractivity contribution in [2.45, 2.75) is 69.8 Å². The molecule has 1 aliphatic rings. The molecule has 3 atom stereocenters. The zero-order valence-electron chi connectivity index (χ0n) is 28.0. The number of hydrogen-bond acceptors (Lipinski definition) is 12. The molecule has 1 aliphatic heterocycles. The number of carbonyl (C=O) groups is 6. The lowest BCUT2D eigenvalue weighted by molar-refractivity contribution is -0.191. The number of benzene rings is 3. The molecule has 0 spiro atoms. The van der Waals surface area contributed by atoms with Crippen LogP contribution in [0, 0.1) is 0 Å². The third kappa shape index (κ3) is 10.7. The SMILES string of the molecule is C[C@@H](C(=O)NCCOC(=O)C[C@](O)(CC(=O)OCc1ccccc1)C(=O)OCc1ccccc1)N1C(=O)CCC1(O)C(=O)OCc1ccccc1. The molecular formula is C37H40N2O12. The van der Waals surface area contributed by atoms with Crippen molar-refractivity contribution in [3.05, 3.63) is 108 Å². The molecule has 14 nitrogen and oxygen atoms in total. The maximum absolute atomic E-state index is 13.0. The van der Waals surface area contributed by atoms with E-state index in [1.165, 1.54) is 6.92 Å². The summed E-state index contributed by atoms with van der Waals surface area (Å²) in [4.78, 5) is 77.6. The Hall–Kier alpha value is -5.60. The highest BCUT2D eigenvalue weighted by atomic mass is 16.6. The van der Waals surface area contributed by atoms with Crippen LogP contribution in [-0.4, -0.2) is 81.3 Å². The number of carbonyl (C=O) groups excluding carboxylic acids is 6. The summed E-state index contributed by atoms with van der Waals surface area (Å²) < 4.78 is 20.8. The standard InChI is InChI=1S/C37H40N2O12/c1-26(39-30(40)17-18-37(39,47)35(45)51-25-29-15-9-4-10-16-29)33(43)38-19-20-48-31(41)21-36(46,34(44)50-24-28-13-7-3-8-14-28)22-32(42)49-23-27-11-5-2-6-12-27/h2-16,26,46-47H,17-25H2,1H3,(H,38,43)/t26-,36-,37?/m0/s1. The van der Waals surface area contributed by atoms with Crippen molar-refractivity contribution in [1.82, 2.24) is 10.2 Å². The lowest BCUT2D eigenvalue weighted by Crippen LogP contribution is -2.59. The molecule has 0 saturated carbocycles. The third-order valence-electron chi connectivity index (χ3n) is 8.03. The predicted octanol–water partition coefficient (Wildman–Crippen LogP) is 2.09. The molecule has 51 heavy (non-hydrogen) atoms. The maximum atomic E-state index is 13.0. The number of hydrogen-bond donors (Lipinski definition) is 3. The van der Waals surface area contributed by atoms with Gasteiger partial charge in [0.15, 0.2) is 5.60 Å². The van der Waals surface area contributed by atoms with Gasteiger partial charge in [0.2, 0.25) is 17.5 Å². The predicted molar refractivity (Wildman–Crippen MR) is 177 cm³/mol. The highest BCUT2D eigenvalue weighted by Crippen LogP contribution is 2.32. The van der Waals surface area contributed by atoms with E-state index in [1.807, 2.05) is 0 Å². The molecule has 2 amide bonds. The topological polar surface area (TPSA) is 195 Å². The largest absolute Gasteiger partial charge is 0.464 e. The van der Waals surface area contributed by atoms with Crippen LogP contribution in [0.2, 0.25) is 0 Å². The summed E-state index contributed by atoms with van der Waals surface area (Å²) >= 11 is 0. The minimum absolute atomic E-state index is 0.132. The first-order valence-corrected chi connectivity index (χ1v) is 16.2. The van der Waals surface area contributed by atoms with Crippen molar-refractivity contribution in [3.63, 3.8) is 0 Å². The lowest BCUT2D eigenvalue weighted by Gasteiger charge is -2.35. The van der Waals surface area contributed by atoms with Crippen molar-refractivity contribution in [3.8, 4) is 0 Å². The molecule has 0 bridgehead atoms. The molecule has 1 fully saturated rings. The van der Waals surface area contributed by atoms with Crippen LogP contribution in [0.15, 0.2) is 91.0 Å². The summed E-state index contributed by atoms with van der Waals surface area (Å²) in [5.41, 5.74) is -3.07. The van der Waals surface area contributed by atoms with Gasteiger partial charge in [0, 0.05) is 12.8 Å². The summed E-state index contributed by atoms with van der Waals surface area (Å²) in [5, 5.41) is 24.8. The molecule has 270 valence electrons. The van der Waals surface area contributed by atoms with E-state index in [0.29, 0.717) is 16.7 Å². The number of nitrogens with one attached hydrogen (secondary N) is 1. The summed E-state index contributed by atoms with van der Waals surface area (Å²) in [7, 11) is 0. The lowest BCUT2D eigenvalue weighted by atomic mass is 9.95. The van der Waals surface area contributed by atoms with E-state index in [0.717, 1.165) is 4.90 Å². The second kappa shape index (κ2) is 17.9. The monoisotopic (exact) mass is 704 g/mol. The van der Waals surface area contributed by atoms with E-state index in [-0.39, 0.29) is 39.2 Å². The minimum atomic E-state index is -2.63. The van der Waals surface area contributed by atoms with Gasteiger partial charge in [-0.1, -0.05) is 91.0 Å². The quantitative estimate of drug-likeness (QED) is 0.105. The van der Waals surface area contributed by atoms with E-state index >= 15 is 0 Å². The average Bonchev–Trinajstić information content (AvgIpc) is 3.45. The summed E-state index contributed by atoms with van der Waals surface area (Å²) in [6, 6.07) is 24.7. The van der Waals surface area contributed by atoms with Gasteiger partial charge in [-0.05, 0) is 23.6 Å². The molecule has 3 aromatic rings. The number of amides is 2. The van der Waals surface area contributed by atoms with E-state index in [4.69, 9.17) is 18.9 Å². The molecule has 0 aromatic heterocycles. The van der Waals surface area contributed by atoms with Gasteiger partial charge >= 0.3 is 23.9 Å². The molecule has 3 N–H and O–H groups in total. The van der Waals surface area contributed by atoms with Crippen LogP contribution in [0.4, 0.5) is 0 Å². The van der Waals surface area contributed by atoms with Crippen LogP contribution >= 0.6 is 0 Å². The fraction of sp³-hybridized carbons (Fsp3) is 0.351. The van der Waals surface area contributed by atoms with Gasteiger partial charge in [-0.15, -0.1) is 0 Å². The first kappa shape index (κ1) is 38.2. The number of ether oxygens (including phenoxy) is 4.